The van der Waals surface area contributed by atoms with Crippen LogP contribution in [0.5, 0.6) is 0 Å². The molecule has 0 heterocycles. The maximum Gasteiger partial charge on any atom is 0.224 e. The molecule has 2 aromatic rings. The average Bonchev–Trinajstić information content (AvgIpc) is 2.53. The van der Waals surface area contributed by atoms with Crippen molar-refractivity contribution in [2.75, 3.05) is 24.3 Å². The molecule has 3 nitrogen and oxygen atoms in total. The van der Waals surface area contributed by atoms with E-state index in [1.165, 1.54) is 11.1 Å². The van der Waals surface area contributed by atoms with Crippen molar-refractivity contribution in [2.24, 2.45) is 0 Å². The van der Waals surface area contributed by atoms with Crippen LogP contribution in [0, 0.1) is 0 Å². The maximum atomic E-state index is 12.1. The summed E-state index contributed by atoms with van der Waals surface area (Å²) in [6.45, 7) is 6.62. The summed E-state index contributed by atoms with van der Waals surface area (Å²) < 4.78 is 0. The summed E-state index contributed by atoms with van der Waals surface area (Å²) in [5.74, 6) is 0.0486. The Morgan fingerprint density at radius 1 is 0.958 bits per heavy atom. The highest BCUT2D eigenvalue weighted by molar-refractivity contribution is 5.91. The molecule has 0 aliphatic rings. The van der Waals surface area contributed by atoms with Crippen LogP contribution in [0.25, 0.3) is 0 Å². The molecule has 0 saturated heterocycles. The summed E-state index contributed by atoms with van der Waals surface area (Å²) in [7, 11) is 4.00. The van der Waals surface area contributed by atoms with Gasteiger partial charge in [0.1, 0.15) is 0 Å². The average molecular weight is 324 g/mol. The van der Waals surface area contributed by atoms with Crippen molar-refractivity contribution in [2.45, 2.75) is 39.0 Å². The minimum atomic E-state index is 0.0486. The summed E-state index contributed by atoms with van der Waals surface area (Å²) >= 11 is 0. The van der Waals surface area contributed by atoms with Crippen LogP contribution in [-0.2, 0) is 16.6 Å². The number of hydrogen-bond acceptors (Lipinski definition) is 2. The lowest BCUT2D eigenvalue weighted by Crippen LogP contribution is -2.13. The molecule has 0 bridgehead atoms. The van der Waals surface area contributed by atoms with E-state index < -0.39 is 0 Å². The summed E-state index contributed by atoms with van der Waals surface area (Å²) in [6.07, 6.45) is 1.25. The molecule has 3 heteroatoms. The van der Waals surface area contributed by atoms with Crippen molar-refractivity contribution < 1.29 is 4.79 Å². The van der Waals surface area contributed by atoms with Gasteiger partial charge in [0.15, 0.2) is 0 Å². The van der Waals surface area contributed by atoms with E-state index in [-0.39, 0.29) is 11.3 Å². The lowest BCUT2D eigenvalue weighted by Gasteiger charge is -2.19. The molecule has 0 aliphatic carbocycles. The predicted molar refractivity (Wildman–Crippen MR) is 103 cm³/mol. The zero-order valence-electron chi connectivity index (χ0n) is 15.4. The number of amides is 1. The van der Waals surface area contributed by atoms with Crippen molar-refractivity contribution in [3.63, 3.8) is 0 Å². The first-order chi connectivity index (χ1) is 11.3. The van der Waals surface area contributed by atoms with Crippen LogP contribution in [-0.4, -0.2) is 20.0 Å². The Balaban J connectivity index is 1.86. The van der Waals surface area contributed by atoms with E-state index in [0.717, 1.165) is 17.8 Å². The van der Waals surface area contributed by atoms with Crippen molar-refractivity contribution in [1.29, 1.82) is 0 Å². The molecule has 1 N–H and O–H groups in total. The number of carbonyl (C=O) groups is 1. The number of carbonyl (C=O) groups excluding carboxylic acids is 1. The molecule has 0 saturated carbocycles. The molecule has 0 atom stereocenters. The van der Waals surface area contributed by atoms with Crippen LogP contribution >= 0.6 is 0 Å². The molecule has 0 radical (unpaired) electrons. The number of anilines is 2. The van der Waals surface area contributed by atoms with Gasteiger partial charge in [-0.15, -0.1) is 0 Å². The van der Waals surface area contributed by atoms with Gasteiger partial charge in [0.25, 0.3) is 0 Å². The number of hydrogen-bond donors (Lipinski definition) is 1. The normalized spacial score (nSPS) is 11.2. The third-order valence-electron chi connectivity index (χ3n) is 4.13. The van der Waals surface area contributed by atoms with E-state index in [9.17, 15) is 4.79 Å². The molecular weight excluding hydrogens is 296 g/mol. The Morgan fingerprint density at radius 2 is 1.54 bits per heavy atom. The van der Waals surface area contributed by atoms with Crippen LogP contribution in [0.15, 0.2) is 48.5 Å². The Morgan fingerprint density at radius 3 is 2.04 bits per heavy atom. The maximum absolute atomic E-state index is 12.1. The third kappa shape index (κ3) is 5.12. The summed E-state index contributed by atoms with van der Waals surface area (Å²) in [5.41, 5.74) is 4.63. The van der Waals surface area contributed by atoms with Gasteiger partial charge in [0.2, 0.25) is 5.91 Å². The summed E-state index contributed by atoms with van der Waals surface area (Å²) in [5, 5.41) is 2.96. The van der Waals surface area contributed by atoms with Crippen molar-refractivity contribution in [3.05, 3.63) is 59.7 Å². The second-order valence-electron chi connectivity index (χ2n) is 7.44. The van der Waals surface area contributed by atoms with Crippen LogP contribution in [0.4, 0.5) is 11.4 Å². The first-order valence-electron chi connectivity index (χ1n) is 8.42. The Labute approximate surface area is 145 Å². The predicted octanol–water partition coefficient (Wildman–Crippen LogP) is 4.62. The number of nitrogens with zero attached hydrogens (tertiary/aromatic N) is 1. The molecule has 0 aliphatic heterocycles. The molecule has 24 heavy (non-hydrogen) atoms. The number of aryl methyl sites for hydroxylation is 1. The highest BCUT2D eigenvalue weighted by atomic mass is 16.1. The molecule has 0 unspecified atom stereocenters. The van der Waals surface area contributed by atoms with Gasteiger partial charge in [-0.25, -0.2) is 0 Å². The highest BCUT2D eigenvalue weighted by Gasteiger charge is 2.13. The Bertz CT molecular complexity index is 664. The minimum Gasteiger partial charge on any atom is -0.378 e. The lowest BCUT2D eigenvalue weighted by atomic mass is 9.86. The van der Waals surface area contributed by atoms with Crippen LogP contribution in [0.2, 0.25) is 0 Å². The fraction of sp³-hybridized carbons (Fsp3) is 0.381. The van der Waals surface area contributed by atoms with Crippen LogP contribution in [0.3, 0.4) is 0 Å². The molecule has 1 amide bonds. The first kappa shape index (κ1) is 18.1. The molecule has 2 aromatic carbocycles. The quantitative estimate of drug-likeness (QED) is 0.870. The standard InChI is InChI=1S/C21H28N2O/c1-21(2,3)17-9-6-16(7-10-17)8-15-20(24)22-18-11-13-19(14-12-18)23(4)5/h6-7,9-14H,8,15H2,1-5H3,(H,22,24). The van der Waals surface area contributed by atoms with E-state index in [4.69, 9.17) is 0 Å². The summed E-state index contributed by atoms with van der Waals surface area (Å²) in [4.78, 5) is 14.1. The van der Waals surface area contributed by atoms with Gasteiger partial charge in [-0.3, -0.25) is 4.79 Å². The van der Waals surface area contributed by atoms with Gasteiger partial charge < -0.3 is 10.2 Å². The molecule has 0 spiro atoms. The monoisotopic (exact) mass is 324 g/mol. The van der Waals surface area contributed by atoms with Crippen LogP contribution < -0.4 is 10.2 Å². The van der Waals surface area contributed by atoms with E-state index >= 15 is 0 Å². The van der Waals surface area contributed by atoms with Gasteiger partial charge in [-0.05, 0) is 47.2 Å². The molecule has 128 valence electrons. The van der Waals surface area contributed by atoms with E-state index in [0.29, 0.717) is 6.42 Å². The SMILES string of the molecule is CN(C)c1ccc(NC(=O)CCc2ccc(C(C)(C)C)cc2)cc1. The Hall–Kier alpha value is -2.29. The molecule has 0 fully saturated rings. The van der Waals surface area contributed by atoms with E-state index in [2.05, 4.69) is 50.4 Å². The number of benzene rings is 2. The zero-order chi connectivity index (χ0) is 17.7. The Kier molecular flexibility index (Phi) is 5.66. The molecular formula is C21H28N2O. The largest absolute Gasteiger partial charge is 0.378 e. The van der Waals surface area contributed by atoms with Gasteiger partial charge in [0.05, 0.1) is 0 Å². The zero-order valence-corrected chi connectivity index (χ0v) is 15.4. The number of rotatable bonds is 5. The van der Waals surface area contributed by atoms with Gasteiger partial charge in [-0.1, -0.05) is 45.0 Å². The smallest absolute Gasteiger partial charge is 0.224 e. The second-order valence-corrected chi connectivity index (χ2v) is 7.44. The third-order valence-corrected chi connectivity index (χ3v) is 4.13. The van der Waals surface area contributed by atoms with Gasteiger partial charge in [-0.2, -0.15) is 0 Å². The highest BCUT2D eigenvalue weighted by Crippen LogP contribution is 2.22. The molecule has 0 aromatic heterocycles. The van der Waals surface area contributed by atoms with Crippen molar-refractivity contribution in [3.8, 4) is 0 Å². The van der Waals surface area contributed by atoms with E-state index in [1.807, 2.05) is 43.3 Å². The van der Waals surface area contributed by atoms with Gasteiger partial charge >= 0.3 is 0 Å². The fourth-order valence-corrected chi connectivity index (χ4v) is 2.50. The lowest BCUT2D eigenvalue weighted by molar-refractivity contribution is -0.116. The number of nitrogens with one attached hydrogen (secondary N) is 1. The van der Waals surface area contributed by atoms with Crippen molar-refractivity contribution in [1.82, 2.24) is 0 Å². The summed E-state index contributed by atoms with van der Waals surface area (Å²) in [6, 6.07) is 16.4. The van der Waals surface area contributed by atoms with E-state index in [1.54, 1.807) is 0 Å². The van der Waals surface area contributed by atoms with Gasteiger partial charge in [0, 0.05) is 31.9 Å². The first-order valence-corrected chi connectivity index (χ1v) is 8.42. The second kappa shape index (κ2) is 7.52. The van der Waals surface area contributed by atoms with Crippen LogP contribution in [0.1, 0.15) is 38.3 Å². The fourth-order valence-electron chi connectivity index (χ4n) is 2.50. The topological polar surface area (TPSA) is 32.3 Å². The minimum absolute atomic E-state index is 0.0486. The van der Waals surface area contributed by atoms with Crippen molar-refractivity contribution >= 4 is 17.3 Å². The molecule has 2 rings (SSSR count).